The van der Waals surface area contributed by atoms with Crippen LogP contribution in [0.2, 0.25) is 0 Å². The van der Waals surface area contributed by atoms with E-state index in [2.05, 4.69) is 66.6 Å². The summed E-state index contributed by atoms with van der Waals surface area (Å²) < 4.78 is 11.7. The number of ether oxygens (including phenoxy) is 2. The molecule has 0 unspecified atom stereocenters. The van der Waals surface area contributed by atoms with Gasteiger partial charge in [0, 0.05) is 30.0 Å². The fourth-order valence-electron chi connectivity index (χ4n) is 4.36. The van der Waals surface area contributed by atoms with Crippen molar-refractivity contribution in [2.24, 2.45) is 0 Å². The maximum absolute atomic E-state index is 6.23. The summed E-state index contributed by atoms with van der Waals surface area (Å²) in [5, 5.41) is 3.87. The van der Waals surface area contributed by atoms with Gasteiger partial charge in [0.2, 0.25) is 0 Å². The third-order valence-corrected chi connectivity index (χ3v) is 6.55. The molecular weight excluding hydrogens is 384 g/mol. The number of nitrogens with zero attached hydrogens (tertiary/aromatic N) is 1. The number of nitrogens with one attached hydrogen (secondary N) is 1. The molecule has 1 aromatic heterocycles. The summed E-state index contributed by atoms with van der Waals surface area (Å²) in [4.78, 5) is 4.49. The van der Waals surface area contributed by atoms with Crippen molar-refractivity contribution in [3.8, 4) is 22.6 Å². The molecule has 3 aromatic rings. The predicted molar refractivity (Wildman–Crippen MR) is 124 cm³/mol. The highest BCUT2D eigenvalue weighted by atomic mass is 16.5. The van der Waals surface area contributed by atoms with Crippen LogP contribution in [0.15, 0.2) is 54.9 Å². The van der Waals surface area contributed by atoms with E-state index >= 15 is 0 Å². The van der Waals surface area contributed by atoms with Crippen LogP contribution in [0.3, 0.4) is 0 Å². The molecular formula is C27H30N2O2. The molecule has 2 aliphatic carbocycles. The molecule has 0 radical (unpaired) electrons. The minimum Gasteiger partial charge on any atom is -0.496 e. The molecule has 1 heterocycles. The van der Waals surface area contributed by atoms with Gasteiger partial charge in [-0.3, -0.25) is 4.98 Å². The number of aryl methyl sites for hydroxylation is 2. The summed E-state index contributed by atoms with van der Waals surface area (Å²) in [6.07, 6.45) is 8.85. The lowest BCUT2D eigenvalue weighted by Crippen LogP contribution is -2.29. The van der Waals surface area contributed by atoms with E-state index in [-0.39, 0.29) is 5.54 Å². The summed E-state index contributed by atoms with van der Waals surface area (Å²) in [6.45, 7) is 5.08. The highest BCUT2D eigenvalue weighted by Crippen LogP contribution is 2.50. The van der Waals surface area contributed by atoms with Gasteiger partial charge in [-0.15, -0.1) is 0 Å². The Labute approximate surface area is 184 Å². The minimum atomic E-state index is -0.0312. The summed E-state index contributed by atoms with van der Waals surface area (Å²) in [5.74, 6) is 1.93. The third-order valence-electron chi connectivity index (χ3n) is 6.55. The largest absolute Gasteiger partial charge is 0.496 e. The van der Waals surface area contributed by atoms with Crippen LogP contribution >= 0.6 is 0 Å². The van der Waals surface area contributed by atoms with Crippen molar-refractivity contribution in [2.45, 2.75) is 57.7 Å². The van der Waals surface area contributed by atoms with E-state index in [1.165, 1.54) is 27.8 Å². The average Bonchev–Trinajstić information content (AvgIpc) is 3.71. The molecule has 4 heteroatoms. The Hall–Kier alpha value is -2.85. The lowest BCUT2D eigenvalue weighted by Gasteiger charge is -2.23. The van der Waals surface area contributed by atoms with Crippen molar-refractivity contribution in [3.05, 3.63) is 77.1 Å². The van der Waals surface area contributed by atoms with Crippen LogP contribution in [0.1, 0.15) is 47.9 Å². The van der Waals surface area contributed by atoms with E-state index in [1.54, 1.807) is 7.11 Å². The Morgan fingerprint density at radius 2 is 1.81 bits per heavy atom. The first-order valence-corrected chi connectivity index (χ1v) is 11.2. The SMILES string of the molecule is COc1cc(C)c(CNC2(c3cnccc3-c3ccccc3OC3CC3)CC2)cc1C. The van der Waals surface area contributed by atoms with Crippen molar-refractivity contribution in [1.82, 2.24) is 10.3 Å². The topological polar surface area (TPSA) is 43.4 Å². The number of aromatic nitrogens is 1. The molecule has 0 aliphatic heterocycles. The van der Waals surface area contributed by atoms with Crippen molar-refractivity contribution >= 4 is 0 Å². The normalized spacial score (nSPS) is 16.7. The van der Waals surface area contributed by atoms with Gasteiger partial charge in [-0.1, -0.05) is 24.3 Å². The second-order valence-electron chi connectivity index (χ2n) is 8.92. The van der Waals surface area contributed by atoms with E-state index in [4.69, 9.17) is 9.47 Å². The van der Waals surface area contributed by atoms with E-state index in [0.717, 1.165) is 49.3 Å². The van der Waals surface area contributed by atoms with Gasteiger partial charge >= 0.3 is 0 Å². The first-order valence-electron chi connectivity index (χ1n) is 11.2. The highest BCUT2D eigenvalue weighted by Gasteiger charge is 2.45. The number of hydrogen-bond donors (Lipinski definition) is 1. The third kappa shape index (κ3) is 4.05. The Balaban J connectivity index is 1.43. The van der Waals surface area contributed by atoms with Gasteiger partial charge in [0.25, 0.3) is 0 Å². The van der Waals surface area contributed by atoms with Crippen LogP contribution in [0, 0.1) is 13.8 Å². The molecule has 0 spiro atoms. The molecule has 31 heavy (non-hydrogen) atoms. The number of hydrogen-bond acceptors (Lipinski definition) is 4. The Morgan fingerprint density at radius 1 is 1.00 bits per heavy atom. The molecule has 2 aliphatic rings. The Morgan fingerprint density at radius 3 is 2.55 bits per heavy atom. The van der Waals surface area contributed by atoms with Crippen LogP contribution in [0.25, 0.3) is 11.1 Å². The van der Waals surface area contributed by atoms with Crippen LogP contribution in [-0.2, 0) is 12.1 Å². The number of para-hydroxylation sites is 1. The van der Waals surface area contributed by atoms with Crippen LogP contribution in [0.5, 0.6) is 11.5 Å². The standard InChI is InChI=1S/C27H30N2O2/c1-18-15-26(30-3)19(2)14-20(18)16-29-27(11-12-27)24-17-28-13-10-22(24)23-6-4-5-7-25(23)31-21-8-9-21/h4-7,10,13-15,17,21,29H,8-9,11-12,16H2,1-3H3. The molecule has 0 bridgehead atoms. The van der Waals surface area contributed by atoms with Crippen molar-refractivity contribution in [1.29, 1.82) is 0 Å². The molecule has 2 fully saturated rings. The van der Waals surface area contributed by atoms with Crippen LogP contribution in [-0.4, -0.2) is 18.2 Å². The van der Waals surface area contributed by atoms with Crippen molar-refractivity contribution < 1.29 is 9.47 Å². The van der Waals surface area contributed by atoms with Gasteiger partial charge in [-0.05, 0) is 85.5 Å². The van der Waals surface area contributed by atoms with Crippen molar-refractivity contribution in [2.75, 3.05) is 7.11 Å². The zero-order chi connectivity index (χ0) is 21.4. The van der Waals surface area contributed by atoms with E-state index in [0.29, 0.717) is 6.10 Å². The second-order valence-corrected chi connectivity index (χ2v) is 8.92. The lowest BCUT2D eigenvalue weighted by atomic mass is 9.94. The molecule has 2 saturated carbocycles. The number of benzene rings is 2. The van der Waals surface area contributed by atoms with Gasteiger partial charge in [0.1, 0.15) is 11.5 Å². The Bertz CT molecular complexity index is 1100. The van der Waals surface area contributed by atoms with Gasteiger partial charge in [0.15, 0.2) is 0 Å². The highest BCUT2D eigenvalue weighted by molar-refractivity contribution is 5.74. The van der Waals surface area contributed by atoms with Crippen LogP contribution < -0.4 is 14.8 Å². The zero-order valence-corrected chi connectivity index (χ0v) is 18.6. The summed E-state index contributed by atoms with van der Waals surface area (Å²) >= 11 is 0. The first kappa shape index (κ1) is 20.1. The monoisotopic (exact) mass is 414 g/mol. The quantitative estimate of drug-likeness (QED) is 0.514. The average molecular weight is 415 g/mol. The van der Waals surface area contributed by atoms with Crippen molar-refractivity contribution in [3.63, 3.8) is 0 Å². The van der Waals surface area contributed by atoms with Gasteiger partial charge in [-0.25, -0.2) is 0 Å². The van der Waals surface area contributed by atoms with Gasteiger partial charge in [0.05, 0.1) is 13.2 Å². The van der Waals surface area contributed by atoms with E-state index in [9.17, 15) is 0 Å². The fraction of sp³-hybridized carbons (Fsp3) is 0.370. The van der Waals surface area contributed by atoms with E-state index in [1.807, 2.05) is 12.4 Å². The fourth-order valence-corrected chi connectivity index (χ4v) is 4.36. The van der Waals surface area contributed by atoms with E-state index < -0.39 is 0 Å². The predicted octanol–water partition coefficient (Wildman–Crippen LogP) is 5.69. The molecule has 4 nitrogen and oxygen atoms in total. The molecule has 0 amide bonds. The first-order chi connectivity index (χ1) is 15.1. The maximum atomic E-state index is 6.23. The molecule has 0 saturated heterocycles. The number of methoxy groups -OCH3 is 1. The molecule has 2 aromatic carbocycles. The van der Waals surface area contributed by atoms with Gasteiger partial charge < -0.3 is 14.8 Å². The maximum Gasteiger partial charge on any atom is 0.127 e. The Kier molecular flexibility index (Phi) is 5.19. The molecule has 0 atom stereocenters. The minimum absolute atomic E-state index is 0.0312. The molecule has 1 N–H and O–H groups in total. The van der Waals surface area contributed by atoms with Crippen LogP contribution in [0.4, 0.5) is 0 Å². The molecule has 160 valence electrons. The zero-order valence-electron chi connectivity index (χ0n) is 18.6. The lowest BCUT2D eigenvalue weighted by molar-refractivity contribution is 0.304. The smallest absolute Gasteiger partial charge is 0.127 e. The molecule has 5 rings (SSSR count). The summed E-state index contributed by atoms with van der Waals surface area (Å²) in [5.41, 5.74) is 7.35. The number of pyridine rings is 1. The van der Waals surface area contributed by atoms with Gasteiger partial charge in [-0.2, -0.15) is 0 Å². The summed E-state index contributed by atoms with van der Waals surface area (Å²) in [6, 6.07) is 14.9. The number of rotatable bonds is 8. The summed E-state index contributed by atoms with van der Waals surface area (Å²) in [7, 11) is 1.73. The second kappa shape index (κ2) is 8.01.